The van der Waals surface area contributed by atoms with E-state index in [9.17, 15) is 0 Å². The maximum atomic E-state index is 7.14. The van der Waals surface area contributed by atoms with Crippen LogP contribution in [-0.4, -0.2) is 16.1 Å². The molecule has 0 unspecified atom stereocenters. The van der Waals surface area contributed by atoms with Crippen LogP contribution in [0, 0.1) is 10.7 Å². The molecule has 0 radical (unpaired) electrons. The van der Waals surface area contributed by atoms with Crippen LogP contribution in [0.25, 0.3) is 21.9 Å². The molecule has 0 amide bonds. The molecule has 2 heterocycles. The minimum atomic E-state index is -3.00. The maximum absolute atomic E-state index is 7.14. The Balaban J connectivity index is 1.29. The average molecular weight is 887 g/mol. The van der Waals surface area contributed by atoms with Crippen molar-refractivity contribution in [2.75, 3.05) is 0 Å². The van der Waals surface area contributed by atoms with Crippen molar-refractivity contribution in [2.24, 2.45) is 0 Å². The molecule has 0 aliphatic carbocycles. The molecule has 1 nitrogen and oxygen atoms in total. The number of fused-ring (bicyclic) bond motifs is 5. The molecule has 11 rings (SSSR count). The number of para-hydroxylation sites is 1. The van der Waals surface area contributed by atoms with Crippen molar-refractivity contribution in [3.63, 3.8) is 0 Å². The third kappa shape index (κ3) is 5.25. The molecule has 0 saturated carbocycles. The Labute approximate surface area is 348 Å². The Kier molecular flexibility index (Phi) is 8.72. The van der Waals surface area contributed by atoms with Crippen LogP contribution in [-0.2, 0) is 0 Å². The van der Waals surface area contributed by atoms with E-state index in [2.05, 4.69) is 237 Å². The van der Waals surface area contributed by atoms with Crippen LogP contribution in [0.4, 0.5) is 0 Å². The van der Waals surface area contributed by atoms with Gasteiger partial charge in [-0.15, -0.1) is 0 Å². The van der Waals surface area contributed by atoms with Crippen LogP contribution in [0.5, 0.6) is 0 Å². The van der Waals surface area contributed by atoms with Crippen molar-refractivity contribution in [3.8, 4) is 0 Å². The molecule has 0 spiro atoms. The van der Waals surface area contributed by atoms with E-state index in [1.54, 1.807) is 0 Å². The van der Waals surface area contributed by atoms with Crippen LogP contribution in [0.3, 0.4) is 0 Å². The summed E-state index contributed by atoms with van der Waals surface area (Å²) >= 11 is -2.41. The van der Waals surface area contributed by atoms with Gasteiger partial charge in [-0.3, -0.25) is 0 Å². The second-order valence-electron chi connectivity index (χ2n) is 15.0. The van der Waals surface area contributed by atoms with E-state index in [1.807, 2.05) is 0 Å². The van der Waals surface area contributed by atoms with E-state index in [0.717, 1.165) is 11.2 Å². The Hall–Kier alpha value is -6.06. The molecule has 4 heteroatoms. The van der Waals surface area contributed by atoms with E-state index in [4.69, 9.17) is 4.42 Å². The zero-order valence-corrected chi connectivity index (χ0v) is 36.0. The normalized spacial score (nSPS) is 13.9. The Morgan fingerprint density at radius 1 is 0.379 bits per heavy atom. The monoisotopic (exact) mass is 886 g/mol. The number of hydrogen-bond acceptors (Lipinski definition) is 1. The zero-order chi connectivity index (χ0) is 38.5. The van der Waals surface area contributed by atoms with Crippen LogP contribution in [0.15, 0.2) is 241 Å². The molecular weight excluding hydrogens is 848 g/mol. The summed E-state index contributed by atoms with van der Waals surface area (Å²) in [6, 6.07) is 89.5. The fourth-order valence-electron chi connectivity index (χ4n) is 9.73. The first-order valence-electron chi connectivity index (χ1n) is 19.9. The molecule has 1 aliphatic heterocycles. The van der Waals surface area contributed by atoms with Crippen LogP contribution in [0.2, 0.25) is 0 Å². The molecule has 276 valence electrons. The van der Waals surface area contributed by atoms with Crippen molar-refractivity contribution in [1.82, 2.24) is 0 Å². The third-order valence-electron chi connectivity index (χ3n) is 12.1. The van der Waals surface area contributed by atoms with Gasteiger partial charge < -0.3 is 0 Å². The zero-order valence-electron chi connectivity index (χ0n) is 31.8. The van der Waals surface area contributed by atoms with Gasteiger partial charge in [0.1, 0.15) is 0 Å². The van der Waals surface area contributed by atoms with Crippen LogP contribution >= 0.6 is 19.8 Å². The Bertz CT molecular complexity index is 2870. The van der Waals surface area contributed by atoms with Crippen LogP contribution < -0.4 is 41.5 Å². The molecule has 10 aromatic rings. The average Bonchev–Trinajstić information content (AvgIpc) is 3.69. The summed E-state index contributed by atoms with van der Waals surface area (Å²) < 4.78 is 11.7. The Morgan fingerprint density at radius 2 is 0.793 bits per heavy atom. The van der Waals surface area contributed by atoms with E-state index in [-0.39, 0.29) is 0 Å². The SMILES string of the molecule is c1ccc([Si]2(c3ccccc3)c3ccccc3I(c3cc([Si](c4ccccc4)(c4ccccc4)c4ccccc4)c4oc5ccccc5c4c3)c3ccccc32)cc1. The first kappa shape index (κ1) is 35.1. The second kappa shape index (κ2) is 14.4. The number of rotatable bonds is 7. The summed E-state index contributed by atoms with van der Waals surface area (Å²) in [7, 11) is -5.71. The van der Waals surface area contributed by atoms with Gasteiger partial charge in [0, 0.05) is 0 Å². The molecule has 0 N–H and O–H groups in total. The minimum absolute atomic E-state index is 0.931. The van der Waals surface area contributed by atoms with E-state index < -0.39 is 36.0 Å². The van der Waals surface area contributed by atoms with Gasteiger partial charge in [0.15, 0.2) is 0 Å². The summed E-state index contributed by atoms with van der Waals surface area (Å²) in [5.74, 6) is 0. The van der Waals surface area contributed by atoms with Crippen molar-refractivity contribution in [2.45, 2.75) is 0 Å². The van der Waals surface area contributed by atoms with Crippen molar-refractivity contribution in [3.05, 3.63) is 247 Å². The fourth-order valence-corrected chi connectivity index (χ4v) is 29.3. The summed E-state index contributed by atoms with van der Waals surface area (Å²) in [6.45, 7) is 0. The molecule has 0 fully saturated rings. The number of furan rings is 1. The second-order valence-corrected chi connectivity index (χ2v) is 27.7. The molecule has 1 aliphatic rings. The van der Waals surface area contributed by atoms with Gasteiger partial charge in [-0.25, -0.2) is 0 Å². The van der Waals surface area contributed by atoms with E-state index >= 15 is 0 Å². The summed E-state index contributed by atoms with van der Waals surface area (Å²) in [4.78, 5) is 0. The van der Waals surface area contributed by atoms with Gasteiger partial charge in [0.2, 0.25) is 0 Å². The fraction of sp³-hybridized carbons (Fsp3) is 0. The molecule has 9 aromatic carbocycles. The number of halogens is 1. The first-order chi connectivity index (χ1) is 28.8. The molecule has 0 bridgehead atoms. The van der Waals surface area contributed by atoms with Gasteiger partial charge >= 0.3 is 351 Å². The molecule has 1 aromatic heterocycles. The molecule has 0 saturated heterocycles. The topological polar surface area (TPSA) is 13.1 Å². The van der Waals surface area contributed by atoms with Crippen molar-refractivity contribution >= 4 is 99.4 Å². The molecular formula is C54H39IOSi2. The van der Waals surface area contributed by atoms with Gasteiger partial charge in [-0.2, -0.15) is 0 Å². The molecule has 0 atom stereocenters. The van der Waals surface area contributed by atoms with E-state index in [1.165, 1.54) is 63.0 Å². The predicted octanol–water partition coefficient (Wildman–Crippen LogP) is 8.07. The quantitative estimate of drug-likeness (QED) is 0.0898. The van der Waals surface area contributed by atoms with Crippen LogP contribution in [0.1, 0.15) is 0 Å². The first-order valence-corrected chi connectivity index (χ1v) is 27.2. The number of hydrogen-bond donors (Lipinski definition) is 0. The Morgan fingerprint density at radius 3 is 1.29 bits per heavy atom. The third-order valence-corrected chi connectivity index (χ3v) is 28.8. The van der Waals surface area contributed by atoms with Gasteiger partial charge in [0.05, 0.1) is 0 Å². The molecule has 58 heavy (non-hydrogen) atoms. The van der Waals surface area contributed by atoms with Gasteiger partial charge in [0.25, 0.3) is 0 Å². The van der Waals surface area contributed by atoms with Gasteiger partial charge in [-0.05, 0) is 0 Å². The van der Waals surface area contributed by atoms with Crippen molar-refractivity contribution in [1.29, 1.82) is 0 Å². The summed E-state index contributed by atoms with van der Waals surface area (Å²) in [5.41, 5.74) is 1.93. The predicted molar refractivity (Wildman–Crippen MR) is 258 cm³/mol. The standard InChI is InChI=1S/C54H39IOSi2/c1-6-22-41(23-7-1)57(42-24-8-2-9-25-42,43-26-10-3-11-27-43)53-39-40(38-47-46-32-16-19-35-50(46)56-54(47)53)55-48-33-17-20-36-51(48)58(44-28-12-4-13-29-44,45-30-14-5-15-31-45)52-37-21-18-34-49(52)55/h1-39H. The summed E-state index contributed by atoms with van der Waals surface area (Å²) in [6.07, 6.45) is 0. The van der Waals surface area contributed by atoms with Crippen molar-refractivity contribution < 1.29 is 4.42 Å². The summed E-state index contributed by atoms with van der Waals surface area (Å²) in [5, 5.41) is 13.6. The number of benzene rings is 9. The van der Waals surface area contributed by atoms with Gasteiger partial charge in [-0.1, -0.05) is 0 Å². The van der Waals surface area contributed by atoms with E-state index in [0.29, 0.717) is 0 Å².